The maximum Gasteiger partial charge on any atom is 0.176 e. The van der Waals surface area contributed by atoms with Gasteiger partial charge < -0.3 is 9.51 Å². The standard InChI is InChI=1S/C14H8N3O/c1-2-6-11-9(4-1)14(18-17-11)10-5-3-7-12-13(10)16-8-15-12/h1-7H,(H,15,16). The molecule has 2 heterocycles. The number of hydrogen-bond acceptors (Lipinski definition) is 3. The molecule has 0 aliphatic heterocycles. The molecule has 0 spiro atoms. The van der Waals surface area contributed by atoms with E-state index in [2.05, 4.69) is 21.5 Å². The molecule has 1 radical (unpaired) electrons. The van der Waals surface area contributed by atoms with Crippen LogP contribution in [0.2, 0.25) is 0 Å². The Morgan fingerprint density at radius 1 is 1.06 bits per heavy atom. The number of imidazole rings is 1. The third kappa shape index (κ3) is 1.20. The van der Waals surface area contributed by atoms with Crippen molar-refractivity contribution in [3.63, 3.8) is 0 Å². The van der Waals surface area contributed by atoms with E-state index in [9.17, 15) is 0 Å². The summed E-state index contributed by atoms with van der Waals surface area (Å²) >= 11 is 0. The smallest absolute Gasteiger partial charge is 0.176 e. The lowest BCUT2D eigenvalue weighted by Gasteiger charge is -1.97. The van der Waals surface area contributed by atoms with Crippen molar-refractivity contribution in [2.45, 2.75) is 0 Å². The second kappa shape index (κ2) is 3.43. The third-order valence-electron chi connectivity index (χ3n) is 3.02. The van der Waals surface area contributed by atoms with Gasteiger partial charge in [0.1, 0.15) is 11.0 Å². The van der Waals surface area contributed by atoms with E-state index in [1.54, 1.807) is 0 Å². The largest absolute Gasteiger partial charge is 0.355 e. The highest BCUT2D eigenvalue weighted by atomic mass is 16.5. The number of benzene rings is 2. The monoisotopic (exact) mass is 234 g/mol. The lowest BCUT2D eigenvalue weighted by atomic mass is 10.1. The predicted molar refractivity (Wildman–Crippen MR) is 67.9 cm³/mol. The number of nitrogens with one attached hydrogen (secondary N) is 1. The normalized spacial score (nSPS) is 11.3. The van der Waals surface area contributed by atoms with E-state index in [0.29, 0.717) is 0 Å². The van der Waals surface area contributed by atoms with Crippen molar-refractivity contribution in [1.29, 1.82) is 0 Å². The first-order chi connectivity index (χ1) is 8.93. The van der Waals surface area contributed by atoms with Gasteiger partial charge in [-0.2, -0.15) is 0 Å². The third-order valence-corrected chi connectivity index (χ3v) is 3.02. The maximum atomic E-state index is 5.46. The lowest BCUT2D eigenvalue weighted by molar-refractivity contribution is 0.441. The molecule has 85 valence electrons. The summed E-state index contributed by atoms with van der Waals surface area (Å²) in [6.45, 7) is 0. The topological polar surface area (TPSA) is 54.7 Å². The van der Waals surface area contributed by atoms with Gasteiger partial charge in [-0.3, -0.25) is 0 Å². The molecular weight excluding hydrogens is 226 g/mol. The van der Waals surface area contributed by atoms with Crippen molar-refractivity contribution < 1.29 is 4.52 Å². The molecular formula is C14H8N3O. The van der Waals surface area contributed by atoms with E-state index in [1.165, 1.54) is 0 Å². The minimum absolute atomic E-state index is 0.747. The van der Waals surface area contributed by atoms with Gasteiger partial charge in [-0.1, -0.05) is 23.4 Å². The van der Waals surface area contributed by atoms with Crippen molar-refractivity contribution in [2.24, 2.45) is 0 Å². The number of para-hydroxylation sites is 1. The summed E-state index contributed by atoms with van der Waals surface area (Å²) in [5, 5.41) is 5.06. The molecule has 1 N–H and O–H groups in total. The average molecular weight is 234 g/mol. The first-order valence-electron chi connectivity index (χ1n) is 5.63. The Balaban J connectivity index is 2.10. The van der Waals surface area contributed by atoms with Gasteiger partial charge in [0.15, 0.2) is 12.1 Å². The van der Waals surface area contributed by atoms with E-state index in [1.807, 2.05) is 42.5 Å². The van der Waals surface area contributed by atoms with E-state index < -0.39 is 0 Å². The number of aromatic amines is 1. The summed E-state index contributed by atoms with van der Waals surface area (Å²) in [5.41, 5.74) is 3.56. The molecule has 0 aliphatic carbocycles. The quantitative estimate of drug-likeness (QED) is 0.550. The Hall–Kier alpha value is -2.62. The average Bonchev–Trinajstić information content (AvgIpc) is 3.05. The van der Waals surface area contributed by atoms with Crippen LogP contribution >= 0.6 is 0 Å². The van der Waals surface area contributed by atoms with Crippen LogP contribution in [0.5, 0.6) is 0 Å². The highest BCUT2D eigenvalue weighted by Crippen LogP contribution is 2.32. The lowest BCUT2D eigenvalue weighted by Crippen LogP contribution is -1.78. The highest BCUT2D eigenvalue weighted by molar-refractivity contribution is 5.99. The molecule has 4 heteroatoms. The van der Waals surface area contributed by atoms with E-state index in [4.69, 9.17) is 4.52 Å². The summed E-state index contributed by atoms with van der Waals surface area (Å²) in [6, 6.07) is 13.7. The molecule has 2 aromatic carbocycles. The first-order valence-corrected chi connectivity index (χ1v) is 5.63. The molecule has 0 amide bonds. The van der Waals surface area contributed by atoms with Gasteiger partial charge in [-0.15, -0.1) is 0 Å². The highest BCUT2D eigenvalue weighted by Gasteiger charge is 2.14. The van der Waals surface area contributed by atoms with Gasteiger partial charge in [0.25, 0.3) is 0 Å². The zero-order valence-electron chi connectivity index (χ0n) is 9.34. The van der Waals surface area contributed by atoms with Gasteiger partial charge in [0.05, 0.1) is 5.52 Å². The zero-order valence-corrected chi connectivity index (χ0v) is 9.34. The molecule has 0 unspecified atom stereocenters. The van der Waals surface area contributed by atoms with Crippen LogP contribution in [0.25, 0.3) is 33.3 Å². The van der Waals surface area contributed by atoms with E-state index in [0.717, 1.165) is 33.3 Å². The number of nitrogens with zero attached hydrogens (tertiary/aromatic N) is 2. The molecule has 0 saturated carbocycles. The molecule has 4 rings (SSSR count). The number of rotatable bonds is 1. The second-order valence-electron chi connectivity index (χ2n) is 4.08. The zero-order chi connectivity index (χ0) is 11.9. The molecule has 4 aromatic rings. The Labute approximate surface area is 102 Å². The minimum atomic E-state index is 0.747. The molecule has 0 aliphatic rings. The van der Waals surface area contributed by atoms with Gasteiger partial charge in [0, 0.05) is 10.9 Å². The van der Waals surface area contributed by atoms with E-state index in [-0.39, 0.29) is 0 Å². The summed E-state index contributed by atoms with van der Waals surface area (Å²) < 4.78 is 5.46. The predicted octanol–water partition coefficient (Wildman–Crippen LogP) is 3.17. The van der Waals surface area contributed by atoms with Crippen molar-refractivity contribution >= 4 is 21.9 Å². The van der Waals surface area contributed by atoms with Crippen LogP contribution < -0.4 is 0 Å². The molecule has 0 fully saturated rings. The van der Waals surface area contributed by atoms with Crippen LogP contribution in [-0.4, -0.2) is 15.1 Å². The van der Waals surface area contributed by atoms with Crippen LogP contribution in [0.15, 0.2) is 47.0 Å². The van der Waals surface area contributed by atoms with E-state index >= 15 is 0 Å². The van der Waals surface area contributed by atoms with Crippen LogP contribution in [0, 0.1) is 6.33 Å². The van der Waals surface area contributed by atoms with Crippen molar-refractivity contribution in [2.75, 3.05) is 0 Å². The van der Waals surface area contributed by atoms with Crippen LogP contribution in [0.4, 0.5) is 0 Å². The summed E-state index contributed by atoms with van der Waals surface area (Å²) in [7, 11) is 0. The van der Waals surface area contributed by atoms with Crippen LogP contribution in [0.1, 0.15) is 0 Å². The van der Waals surface area contributed by atoms with Crippen LogP contribution in [0.3, 0.4) is 0 Å². The molecule has 0 saturated heterocycles. The molecule has 4 nitrogen and oxygen atoms in total. The second-order valence-corrected chi connectivity index (χ2v) is 4.08. The van der Waals surface area contributed by atoms with Crippen molar-refractivity contribution in [3.8, 4) is 11.3 Å². The minimum Gasteiger partial charge on any atom is -0.355 e. The molecule has 0 atom stereocenters. The van der Waals surface area contributed by atoms with Crippen LogP contribution in [-0.2, 0) is 0 Å². The Morgan fingerprint density at radius 3 is 3.00 bits per heavy atom. The molecule has 2 aromatic heterocycles. The van der Waals surface area contributed by atoms with Gasteiger partial charge in [-0.05, 0) is 24.3 Å². The van der Waals surface area contributed by atoms with Gasteiger partial charge in [-0.25, -0.2) is 4.98 Å². The van der Waals surface area contributed by atoms with Crippen molar-refractivity contribution in [3.05, 3.63) is 48.8 Å². The SMILES string of the molecule is [c]1nc2c(-c3onc4ccccc34)cccc2[nH]1. The Kier molecular flexibility index (Phi) is 1.80. The number of aromatic nitrogens is 3. The van der Waals surface area contributed by atoms with Crippen molar-refractivity contribution in [1.82, 2.24) is 15.1 Å². The molecule has 18 heavy (non-hydrogen) atoms. The number of H-pyrrole nitrogens is 1. The fraction of sp³-hybridized carbons (Fsp3) is 0. The first kappa shape index (κ1) is 9.41. The number of fused-ring (bicyclic) bond motifs is 2. The summed E-state index contributed by atoms with van der Waals surface area (Å²) in [5.74, 6) is 0.747. The Morgan fingerprint density at radius 2 is 2.00 bits per heavy atom. The number of hydrogen-bond donors (Lipinski definition) is 1. The van der Waals surface area contributed by atoms with Gasteiger partial charge in [0.2, 0.25) is 0 Å². The maximum absolute atomic E-state index is 5.46. The Bertz CT molecular complexity index is 844. The fourth-order valence-electron chi connectivity index (χ4n) is 2.18. The summed E-state index contributed by atoms with van der Waals surface area (Å²) in [6.07, 6.45) is 2.75. The molecule has 0 bridgehead atoms. The fourth-order valence-corrected chi connectivity index (χ4v) is 2.18. The summed E-state index contributed by atoms with van der Waals surface area (Å²) in [4.78, 5) is 7.18. The van der Waals surface area contributed by atoms with Gasteiger partial charge >= 0.3 is 0 Å².